The highest BCUT2D eigenvalue weighted by molar-refractivity contribution is 5.79. The number of carboxylic acids is 1. The summed E-state index contributed by atoms with van der Waals surface area (Å²) in [5, 5.41) is 27.3. The summed E-state index contributed by atoms with van der Waals surface area (Å²) in [6, 6.07) is 11.5. The molecule has 0 aliphatic heterocycles. The number of nitriles is 2. The maximum Gasteiger partial charge on any atom is 0.307 e. The topological polar surface area (TPSA) is 84.9 Å². The third-order valence-electron chi connectivity index (χ3n) is 3.60. The first-order valence-electron chi connectivity index (χ1n) is 6.59. The van der Waals surface area contributed by atoms with Crippen molar-refractivity contribution in [2.75, 3.05) is 0 Å². The molecule has 0 saturated heterocycles. The number of aryl methyl sites for hydroxylation is 1. The lowest BCUT2D eigenvalue weighted by Crippen LogP contribution is -2.18. The zero-order chi connectivity index (χ0) is 15.4. The van der Waals surface area contributed by atoms with Gasteiger partial charge in [-0.2, -0.15) is 10.5 Å². The van der Waals surface area contributed by atoms with Crippen LogP contribution in [-0.2, 0) is 4.79 Å². The number of hydrogen-bond acceptors (Lipinski definition) is 3. The molecule has 1 unspecified atom stereocenters. The van der Waals surface area contributed by atoms with Crippen LogP contribution in [0, 0.1) is 35.5 Å². The number of nitrogens with zero attached hydrogens (tertiary/aromatic N) is 2. The molecule has 0 bridgehead atoms. The van der Waals surface area contributed by atoms with Gasteiger partial charge in [-0.05, 0) is 36.5 Å². The molecule has 21 heavy (non-hydrogen) atoms. The second kappa shape index (κ2) is 6.07. The molecular formula is C17H14N2O2. The highest BCUT2D eigenvalue weighted by atomic mass is 16.4. The van der Waals surface area contributed by atoms with E-state index in [9.17, 15) is 9.90 Å². The molecular weight excluding hydrogens is 264 g/mol. The van der Waals surface area contributed by atoms with E-state index in [-0.39, 0.29) is 12.0 Å². The van der Waals surface area contributed by atoms with Crippen LogP contribution in [0.2, 0.25) is 0 Å². The maximum atomic E-state index is 11.3. The van der Waals surface area contributed by atoms with Crippen molar-refractivity contribution in [2.24, 2.45) is 5.92 Å². The largest absolute Gasteiger partial charge is 0.481 e. The standard InChI is InChI=1S/C17H14N2O2/c1-11-2-4-12(5-3-11)13-6-14(16(9-18)10-19)8-15(7-13)17(20)21/h2-6,15H,7-8H2,1H3,(H,20,21). The van der Waals surface area contributed by atoms with Crippen molar-refractivity contribution in [1.29, 1.82) is 10.5 Å². The summed E-state index contributed by atoms with van der Waals surface area (Å²) >= 11 is 0. The van der Waals surface area contributed by atoms with E-state index in [2.05, 4.69) is 0 Å². The van der Waals surface area contributed by atoms with Crippen LogP contribution in [0.3, 0.4) is 0 Å². The molecule has 4 heteroatoms. The van der Waals surface area contributed by atoms with Crippen LogP contribution in [0.4, 0.5) is 0 Å². The molecule has 104 valence electrons. The van der Waals surface area contributed by atoms with E-state index < -0.39 is 11.9 Å². The molecule has 4 nitrogen and oxygen atoms in total. The van der Waals surface area contributed by atoms with Gasteiger partial charge in [-0.25, -0.2) is 0 Å². The van der Waals surface area contributed by atoms with E-state index in [1.165, 1.54) is 0 Å². The van der Waals surface area contributed by atoms with Crippen LogP contribution in [0.5, 0.6) is 0 Å². The molecule has 2 rings (SSSR count). The van der Waals surface area contributed by atoms with E-state index in [1.807, 2.05) is 43.3 Å². The fourth-order valence-corrected chi connectivity index (χ4v) is 2.42. The summed E-state index contributed by atoms with van der Waals surface area (Å²) in [7, 11) is 0. The van der Waals surface area contributed by atoms with Gasteiger partial charge in [-0.1, -0.05) is 35.9 Å². The average molecular weight is 278 g/mol. The summed E-state index contributed by atoms with van der Waals surface area (Å²) in [6.45, 7) is 1.98. The zero-order valence-corrected chi connectivity index (χ0v) is 11.6. The van der Waals surface area contributed by atoms with Gasteiger partial charge in [0.15, 0.2) is 0 Å². The predicted molar refractivity (Wildman–Crippen MR) is 77.8 cm³/mol. The molecule has 0 aromatic heterocycles. The Labute approximate surface area is 123 Å². The highest BCUT2D eigenvalue weighted by Gasteiger charge is 2.26. The Morgan fingerprint density at radius 2 is 1.81 bits per heavy atom. The molecule has 0 heterocycles. The first kappa shape index (κ1) is 14.6. The number of aliphatic carboxylic acids is 1. The SMILES string of the molecule is Cc1ccc(C2=CC(=C(C#N)C#N)CC(C(=O)O)C2)cc1. The zero-order valence-electron chi connectivity index (χ0n) is 11.6. The molecule has 1 aromatic rings. The summed E-state index contributed by atoms with van der Waals surface area (Å²) in [4.78, 5) is 11.3. The van der Waals surface area contributed by atoms with Gasteiger partial charge in [-0.15, -0.1) is 0 Å². The Balaban J connectivity index is 2.51. The minimum absolute atomic E-state index is 0.00874. The van der Waals surface area contributed by atoms with Crippen LogP contribution >= 0.6 is 0 Å². The van der Waals surface area contributed by atoms with Crippen LogP contribution in [0.25, 0.3) is 5.57 Å². The predicted octanol–water partition coefficient (Wildman–Crippen LogP) is 3.22. The molecule has 0 radical (unpaired) electrons. The summed E-state index contributed by atoms with van der Waals surface area (Å²) in [6.07, 6.45) is 2.42. The normalized spacial score (nSPS) is 17.4. The molecule has 1 aliphatic carbocycles. The maximum absolute atomic E-state index is 11.3. The van der Waals surface area contributed by atoms with Gasteiger partial charge in [0.2, 0.25) is 0 Å². The van der Waals surface area contributed by atoms with Gasteiger partial charge in [0.1, 0.15) is 17.7 Å². The third-order valence-corrected chi connectivity index (χ3v) is 3.60. The van der Waals surface area contributed by atoms with Crippen LogP contribution in [0.1, 0.15) is 24.0 Å². The van der Waals surface area contributed by atoms with Gasteiger partial charge < -0.3 is 5.11 Å². The summed E-state index contributed by atoms with van der Waals surface area (Å²) < 4.78 is 0. The molecule has 0 fully saturated rings. The minimum atomic E-state index is -0.902. The Morgan fingerprint density at radius 3 is 2.33 bits per heavy atom. The van der Waals surface area contributed by atoms with Crippen molar-refractivity contribution in [3.63, 3.8) is 0 Å². The van der Waals surface area contributed by atoms with Crippen molar-refractivity contribution in [3.05, 3.63) is 52.6 Å². The van der Waals surface area contributed by atoms with Crippen molar-refractivity contribution in [2.45, 2.75) is 19.8 Å². The molecule has 0 saturated carbocycles. The first-order chi connectivity index (χ1) is 10.0. The van der Waals surface area contributed by atoms with Gasteiger partial charge >= 0.3 is 5.97 Å². The van der Waals surface area contributed by atoms with Crippen molar-refractivity contribution < 1.29 is 9.90 Å². The lowest BCUT2D eigenvalue weighted by molar-refractivity contribution is -0.141. The molecule has 0 spiro atoms. The lowest BCUT2D eigenvalue weighted by Gasteiger charge is -2.22. The number of rotatable bonds is 2. The number of allylic oxidation sites excluding steroid dienone is 4. The second-order valence-electron chi connectivity index (χ2n) is 5.10. The smallest absolute Gasteiger partial charge is 0.307 e. The Kier molecular flexibility index (Phi) is 4.21. The van der Waals surface area contributed by atoms with Gasteiger partial charge in [0.05, 0.1) is 5.92 Å². The molecule has 1 atom stereocenters. The van der Waals surface area contributed by atoms with Crippen molar-refractivity contribution >= 4 is 11.5 Å². The van der Waals surface area contributed by atoms with E-state index >= 15 is 0 Å². The fourth-order valence-electron chi connectivity index (χ4n) is 2.42. The third kappa shape index (κ3) is 3.19. The van der Waals surface area contributed by atoms with E-state index in [4.69, 9.17) is 10.5 Å². The molecule has 1 N–H and O–H groups in total. The van der Waals surface area contributed by atoms with E-state index in [0.29, 0.717) is 12.0 Å². The van der Waals surface area contributed by atoms with Gasteiger partial charge in [0, 0.05) is 0 Å². The fraction of sp³-hybridized carbons (Fsp3) is 0.235. The average Bonchev–Trinajstić information content (AvgIpc) is 2.49. The van der Waals surface area contributed by atoms with Crippen LogP contribution in [-0.4, -0.2) is 11.1 Å². The summed E-state index contributed by atoms with van der Waals surface area (Å²) in [5.74, 6) is -1.50. The van der Waals surface area contributed by atoms with Crippen molar-refractivity contribution in [3.8, 4) is 12.1 Å². The molecule has 1 aliphatic rings. The monoisotopic (exact) mass is 278 g/mol. The van der Waals surface area contributed by atoms with E-state index in [1.54, 1.807) is 6.08 Å². The van der Waals surface area contributed by atoms with E-state index in [0.717, 1.165) is 16.7 Å². The minimum Gasteiger partial charge on any atom is -0.481 e. The summed E-state index contributed by atoms with van der Waals surface area (Å²) in [5.41, 5.74) is 3.40. The quantitative estimate of drug-likeness (QED) is 0.842. The Hall–Kier alpha value is -2.85. The number of carboxylic acid groups (broad SMARTS) is 1. The van der Waals surface area contributed by atoms with Crippen LogP contribution in [0.15, 0.2) is 41.5 Å². The lowest BCUT2D eigenvalue weighted by atomic mass is 9.81. The second-order valence-corrected chi connectivity index (χ2v) is 5.10. The highest BCUT2D eigenvalue weighted by Crippen LogP contribution is 2.35. The number of carbonyl (C=O) groups is 1. The molecule has 0 amide bonds. The van der Waals surface area contributed by atoms with Crippen molar-refractivity contribution in [1.82, 2.24) is 0 Å². The molecule has 1 aromatic carbocycles. The first-order valence-corrected chi connectivity index (χ1v) is 6.59. The Morgan fingerprint density at radius 1 is 1.19 bits per heavy atom. The van der Waals surface area contributed by atoms with Gasteiger partial charge in [0.25, 0.3) is 0 Å². The van der Waals surface area contributed by atoms with Gasteiger partial charge in [-0.3, -0.25) is 4.79 Å². The number of hydrogen-bond donors (Lipinski definition) is 1. The number of benzene rings is 1. The van der Waals surface area contributed by atoms with Crippen LogP contribution < -0.4 is 0 Å². The Bertz CT molecular complexity index is 697.